The molecule has 6 rings (SSSR count). The number of halogens is 1. The Morgan fingerprint density at radius 2 is 1.63 bits per heavy atom. The molecule has 4 heterocycles. The number of piperidine rings is 3. The molecule has 1 amide bonds. The van der Waals surface area contributed by atoms with Crippen LogP contribution in [0.3, 0.4) is 0 Å². The molecule has 8 heteroatoms. The molecular weight excluding hydrogens is 464 g/mol. The average molecular weight is 499 g/mol. The number of rotatable bonds is 6. The molecule has 3 saturated heterocycles. The highest BCUT2D eigenvalue weighted by molar-refractivity contribution is 5.89. The van der Waals surface area contributed by atoms with Crippen LogP contribution >= 0.6 is 0 Å². The second-order valence-electron chi connectivity index (χ2n) is 10.4. The number of carbonyl (C=O) groups is 2. The van der Waals surface area contributed by atoms with E-state index in [4.69, 9.17) is 4.74 Å². The number of hydrogen-bond donors (Lipinski definition) is 1. The first-order valence-electron chi connectivity index (χ1n) is 12.8. The maximum Gasteiger partial charge on any atom is 0.317 e. The van der Waals surface area contributed by atoms with Crippen molar-refractivity contribution in [1.82, 2.24) is 9.97 Å². The van der Waals surface area contributed by atoms with Crippen molar-refractivity contribution in [3.05, 3.63) is 54.4 Å². The number of amides is 1. The van der Waals surface area contributed by atoms with Gasteiger partial charge < -0.3 is 21.6 Å². The minimum absolute atomic E-state index is 0. The van der Waals surface area contributed by atoms with Crippen molar-refractivity contribution in [3.8, 4) is 0 Å². The number of anilines is 1. The average Bonchev–Trinajstić information content (AvgIpc) is 3.13. The van der Waals surface area contributed by atoms with E-state index in [1.165, 1.54) is 12.8 Å². The number of ether oxygens (including phenoxy) is 1. The van der Waals surface area contributed by atoms with Gasteiger partial charge in [-0.2, -0.15) is 0 Å². The number of carbonyl (C=O) groups excluding carboxylic acids is 2. The summed E-state index contributed by atoms with van der Waals surface area (Å²) >= 11 is 0. The Bertz CT molecular complexity index is 988. The van der Waals surface area contributed by atoms with Crippen molar-refractivity contribution in [2.24, 2.45) is 5.92 Å². The Kier molecular flexibility index (Phi) is 8.07. The number of benzene rings is 1. The third kappa shape index (κ3) is 5.51. The highest BCUT2D eigenvalue weighted by atomic mass is 35.5. The van der Waals surface area contributed by atoms with E-state index in [0.717, 1.165) is 57.2 Å². The molecule has 4 aliphatic rings. The van der Waals surface area contributed by atoms with E-state index in [2.05, 4.69) is 27.4 Å². The number of nitrogens with zero attached hydrogens (tertiary/aromatic N) is 3. The van der Waals surface area contributed by atoms with Crippen molar-refractivity contribution >= 4 is 17.8 Å². The molecule has 3 aliphatic heterocycles. The molecule has 1 atom stereocenters. The molecule has 4 fully saturated rings. The number of hydrogen-bond acceptors (Lipinski definition) is 5. The molecule has 0 radical (unpaired) electrons. The fourth-order valence-corrected chi connectivity index (χ4v) is 6.36. The summed E-state index contributed by atoms with van der Waals surface area (Å²) < 4.78 is 7.06. The van der Waals surface area contributed by atoms with E-state index in [-0.39, 0.29) is 30.4 Å². The molecule has 0 spiro atoms. The molecule has 1 N–H and O–H groups in total. The predicted octanol–water partition coefficient (Wildman–Crippen LogP) is 0.864. The van der Waals surface area contributed by atoms with Crippen molar-refractivity contribution in [2.75, 3.05) is 31.5 Å². The quantitative estimate of drug-likeness (QED) is 0.363. The summed E-state index contributed by atoms with van der Waals surface area (Å²) in [5.74, 6) is 0.586. The maximum absolute atomic E-state index is 13.9. The van der Waals surface area contributed by atoms with Crippen LogP contribution in [0, 0.1) is 5.92 Å². The summed E-state index contributed by atoms with van der Waals surface area (Å²) in [5.41, 5.74) is 0.547. The molecule has 35 heavy (non-hydrogen) atoms. The second-order valence-corrected chi connectivity index (χ2v) is 10.4. The Labute approximate surface area is 213 Å². The summed E-state index contributed by atoms with van der Waals surface area (Å²) in [6.45, 7) is 2.98. The van der Waals surface area contributed by atoms with Crippen LogP contribution in [-0.2, 0) is 19.7 Å². The molecule has 2 bridgehead atoms. The minimum atomic E-state index is -0.545. The van der Waals surface area contributed by atoms with Gasteiger partial charge in [0, 0.05) is 31.2 Å². The first kappa shape index (κ1) is 25.6. The summed E-state index contributed by atoms with van der Waals surface area (Å²) in [6, 6.07) is 12.0. The Hall–Kier alpha value is -2.51. The second kappa shape index (κ2) is 11.0. The maximum atomic E-state index is 13.9. The Morgan fingerprint density at radius 1 is 0.971 bits per heavy atom. The van der Waals surface area contributed by atoms with Gasteiger partial charge in [-0.05, 0) is 24.5 Å². The number of aromatic nitrogens is 2. The number of fused-ring (bicyclic) bond motifs is 3. The first-order valence-corrected chi connectivity index (χ1v) is 12.8. The monoisotopic (exact) mass is 498 g/mol. The molecule has 2 aromatic rings. The molecule has 7 nitrogen and oxygen atoms in total. The third-order valence-electron chi connectivity index (χ3n) is 8.27. The molecule has 1 aromatic carbocycles. The van der Waals surface area contributed by atoms with Gasteiger partial charge in [-0.25, -0.2) is 9.97 Å². The topological polar surface area (TPSA) is 81.2 Å². The van der Waals surface area contributed by atoms with Crippen LogP contribution < -0.4 is 17.7 Å². The van der Waals surface area contributed by atoms with E-state index in [9.17, 15) is 9.59 Å². The van der Waals surface area contributed by atoms with Gasteiger partial charge in [-0.1, -0.05) is 56.0 Å². The van der Waals surface area contributed by atoms with E-state index in [1.54, 1.807) is 18.5 Å². The molecule has 1 aliphatic carbocycles. The minimum Gasteiger partial charge on any atom is -1.00 e. The normalized spacial score (nSPS) is 27.2. The van der Waals surface area contributed by atoms with Crippen LogP contribution in [0.5, 0.6) is 0 Å². The Morgan fingerprint density at radius 3 is 2.29 bits per heavy atom. The number of quaternary nitrogens is 1. The van der Waals surface area contributed by atoms with Gasteiger partial charge in [0.25, 0.3) is 5.91 Å². The lowest BCUT2D eigenvalue weighted by Gasteiger charge is -2.52. The van der Waals surface area contributed by atoms with Gasteiger partial charge in [-0.15, -0.1) is 0 Å². The molecule has 0 unspecified atom stereocenters. The van der Waals surface area contributed by atoms with E-state index < -0.39 is 5.41 Å². The van der Waals surface area contributed by atoms with Crippen LogP contribution in [-0.4, -0.2) is 58.6 Å². The molecular formula is C27H35ClN4O3. The van der Waals surface area contributed by atoms with Gasteiger partial charge in [0.2, 0.25) is 5.95 Å². The van der Waals surface area contributed by atoms with Crippen molar-refractivity contribution in [2.45, 2.75) is 62.9 Å². The highest BCUT2D eigenvalue weighted by Crippen LogP contribution is 2.42. The van der Waals surface area contributed by atoms with E-state index in [0.29, 0.717) is 29.4 Å². The largest absolute Gasteiger partial charge is 1.00 e. The summed E-state index contributed by atoms with van der Waals surface area (Å²) in [4.78, 5) is 34.9. The van der Waals surface area contributed by atoms with Crippen molar-refractivity contribution < 1.29 is 31.2 Å². The summed E-state index contributed by atoms with van der Waals surface area (Å²) in [5, 5.41) is 2.82. The van der Waals surface area contributed by atoms with Gasteiger partial charge in [0.15, 0.2) is 12.6 Å². The lowest BCUT2D eigenvalue weighted by Crippen LogP contribution is -3.00. The van der Waals surface area contributed by atoms with Crippen LogP contribution in [0.25, 0.3) is 0 Å². The van der Waals surface area contributed by atoms with E-state index >= 15 is 0 Å². The highest BCUT2D eigenvalue weighted by Gasteiger charge is 2.51. The van der Waals surface area contributed by atoms with Crippen LogP contribution in [0.2, 0.25) is 0 Å². The van der Waals surface area contributed by atoms with Crippen molar-refractivity contribution in [1.29, 1.82) is 0 Å². The fourth-order valence-electron chi connectivity index (χ4n) is 6.36. The van der Waals surface area contributed by atoms with E-state index in [1.807, 2.05) is 18.2 Å². The smallest absolute Gasteiger partial charge is 0.317 e. The number of nitrogens with one attached hydrogen (secondary N) is 1. The predicted molar refractivity (Wildman–Crippen MR) is 129 cm³/mol. The molecule has 188 valence electrons. The van der Waals surface area contributed by atoms with Crippen LogP contribution in [0.1, 0.15) is 56.9 Å². The van der Waals surface area contributed by atoms with Gasteiger partial charge >= 0.3 is 5.97 Å². The zero-order valence-electron chi connectivity index (χ0n) is 20.2. The van der Waals surface area contributed by atoms with Gasteiger partial charge in [-0.3, -0.25) is 14.9 Å². The van der Waals surface area contributed by atoms with Gasteiger partial charge in [0.1, 0.15) is 6.54 Å². The first-order chi connectivity index (χ1) is 16.6. The van der Waals surface area contributed by atoms with Crippen LogP contribution in [0.4, 0.5) is 5.95 Å². The lowest BCUT2D eigenvalue weighted by atomic mass is 9.74. The number of esters is 1. The molecule has 1 saturated carbocycles. The molecule has 1 aromatic heterocycles. The Balaban J connectivity index is 0.00000289. The zero-order valence-corrected chi connectivity index (χ0v) is 21.0. The standard InChI is InChI=1S/C27H34N4O3.ClH/c32-24(30-26-28-15-8-16-29-26)20-31-17-11-21(12-18-31)23(19-31)34-25(33)27(13-6-1-2-7-14-27)22-9-4-3-5-10-22;/h3-5,8-10,15-16,21,23H,1-2,6-7,11-14,17-20H2;1H/t21?,23-,31?;/m0./s1. The third-order valence-corrected chi connectivity index (χ3v) is 8.27. The summed E-state index contributed by atoms with van der Waals surface area (Å²) in [7, 11) is 0. The fraction of sp³-hybridized carbons (Fsp3) is 0.556. The van der Waals surface area contributed by atoms with Gasteiger partial charge in [0.05, 0.1) is 18.5 Å². The summed E-state index contributed by atoms with van der Waals surface area (Å²) in [6.07, 6.45) is 11.3. The SMILES string of the molecule is O=C(C[N+]12CCC(CC1)[C@@H](OC(=O)C1(c3ccccc3)CCCCCC1)C2)Nc1ncccn1.[Cl-]. The zero-order chi connectivity index (χ0) is 23.4. The van der Waals surface area contributed by atoms with Crippen molar-refractivity contribution in [3.63, 3.8) is 0 Å². The lowest BCUT2D eigenvalue weighted by molar-refractivity contribution is -0.939. The van der Waals surface area contributed by atoms with Crippen LogP contribution in [0.15, 0.2) is 48.8 Å².